The van der Waals surface area contributed by atoms with Crippen molar-refractivity contribution < 1.29 is 4.74 Å². The third-order valence-corrected chi connectivity index (χ3v) is 3.55. The molecule has 1 saturated carbocycles. The molecule has 2 aromatic rings. The van der Waals surface area contributed by atoms with Gasteiger partial charge in [0.25, 0.3) is 0 Å². The number of nitrogens with two attached hydrogens (primary N) is 1. The number of hydrogen-bond donors (Lipinski definition) is 1. The van der Waals surface area contributed by atoms with Gasteiger partial charge in [-0.15, -0.1) is 0 Å². The topological polar surface area (TPSA) is 53.1 Å². The summed E-state index contributed by atoms with van der Waals surface area (Å²) < 4.78 is 7.95. The van der Waals surface area contributed by atoms with Crippen LogP contribution in [0.5, 0.6) is 5.75 Å². The van der Waals surface area contributed by atoms with E-state index < -0.39 is 0 Å². The van der Waals surface area contributed by atoms with Gasteiger partial charge in [-0.3, -0.25) is 0 Å². The van der Waals surface area contributed by atoms with Gasteiger partial charge in [0, 0.05) is 5.54 Å². The van der Waals surface area contributed by atoms with Gasteiger partial charge in [-0.05, 0) is 45.7 Å². The first-order valence-electron chi connectivity index (χ1n) is 6.45. The second-order valence-electron chi connectivity index (χ2n) is 5.59. The smallest absolute Gasteiger partial charge is 0.201 e. The fourth-order valence-corrected chi connectivity index (χ4v) is 2.41. The standard InChI is InChI=1S/C14H19N3O/c1-9(2)18-11-6-4-5-10-12(11)16-13(15)17(10)14(3)7-8-14/h4-6,9H,7-8H2,1-3H3,(H2,15,16). The quantitative estimate of drug-likeness (QED) is 0.904. The number of hydrogen-bond acceptors (Lipinski definition) is 3. The van der Waals surface area contributed by atoms with E-state index in [1.165, 1.54) is 0 Å². The molecule has 0 bridgehead atoms. The molecule has 1 fully saturated rings. The van der Waals surface area contributed by atoms with Crippen LogP contribution in [-0.4, -0.2) is 15.7 Å². The van der Waals surface area contributed by atoms with Crippen molar-refractivity contribution in [2.24, 2.45) is 0 Å². The fourth-order valence-electron chi connectivity index (χ4n) is 2.41. The lowest BCUT2D eigenvalue weighted by molar-refractivity contribution is 0.245. The van der Waals surface area contributed by atoms with Gasteiger partial charge in [0.15, 0.2) is 0 Å². The molecule has 0 atom stereocenters. The summed E-state index contributed by atoms with van der Waals surface area (Å²) in [6.45, 7) is 6.25. The molecule has 4 nitrogen and oxygen atoms in total. The number of fused-ring (bicyclic) bond motifs is 1. The third-order valence-electron chi connectivity index (χ3n) is 3.55. The van der Waals surface area contributed by atoms with Gasteiger partial charge in [0.05, 0.1) is 11.6 Å². The second kappa shape index (κ2) is 3.64. The molecule has 18 heavy (non-hydrogen) atoms. The van der Waals surface area contributed by atoms with Crippen LogP contribution in [0.2, 0.25) is 0 Å². The Morgan fingerprint density at radius 2 is 2.11 bits per heavy atom. The maximum Gasteiger partial charge on any atom is 0.201 e. The summed E-state index contributed by atoms with van der Waals surface area (Å²) in [7, 11) is 0. The summed E-state index contributed by atoms with van der Waals surface area (Å²) in [5.74, 6) is 1.40. The highest BCUT2D eigenvalue weighted by Gasteiger charge is 2.41. The first kappa shape index (κ1) is 11.4. The van der Waals surface area contributed by atoms with Crippen LogP contribution < -0.4 is 10.5 Å². The first-order chi connectivity index (χ1) is 8.51. The molecule has 96 valence electrons. The minimum Gasteiger partial charge on any atom is -0.489 e. The van der Waals surface area contributed by atoms with Gasteiger partial charge in [-0.25, -0.2) is 4.98 Å². The highest BCUT2D eigenvalue weighted by Crippen LogP contribution is 2.46. The van der Waals surface area contributed by atoms with E-state index in [-0.39, 0.29) is 11.6 Å². The van der Waals surface area contributed by atoms with E-state index in [1.54, 1.807) is 0 Å². The summed E-state index contributed by atoms with van der Waals surface area (Å²) in [5, 5.41) is 0. The number of ether oxygens (including phenoxy) is 1. The zero-order valence-corrected chi connectivity index (χ0v) is 11.1. The van der Waals surface area contributed by atoms with Crippen LogP contribution in [0.15, 0.2) is 18.2 Å². The number of rotatable bonds is 3. The Bertz CT molecular complexity index is 596. The van der Waals surface area contributed by atoms with E-state index in [0.29, 0.717) is 5.95 Å². The van der Waals surface area contributed by atoms with Crippen LogP contribution >= 0.6 is 0 Å². The van der Waals surface area contributed by atoms with Crippen LogP contribution in [0, 0.1) is 0 Å². The zero-order valence-electron chi connectivity index (χ0n) is 11.1. The normalized spacial score (nSPS) is 17.3. The number of nitrogen functional groups attached to an aromatic ring is 1. The van der Waals surface area contributed by atoms with Crippen molar-refractivity contribution >= 4 is 17.0 Å². The highest BCUT2D eigenvalue weighted by atomic mass is 16.5. The Morgan fingerprint density at radius 1 is 1.39 bits per heavy atom. The number of para-hydroxylation sites is 1. The summed E-state index contributed by atoms with van der Waals surface area (Å²) in [4.78, 5) is 4.49. The number of aromatic nitrogens is 2. The largest absolute Gasteiger partial charge is 0.489 e. The monoisotopic (exact) mass is 245 g/mol. The van der Waals surface area contributed by atoms with Gasteiger partial charge < -0.3 is 15.0 Å². The molecular formula is C14H19N3O. The lowest BCUT2D eigenvalue weighted by Crippen LogP contribution is -2.14. The maximum absolute atomic E-state index is 6.08. The Labute approximate surface area is 107 Å². The molecule has 4 heteroatoms. The molecule has 1 aliphatic rings. The average molecular weight is 245 g/mol. The lowest BCUT2D eigenvalue weighted by Gasteiger charge is -2.14. The van der Waals surface area contributed by atoms with E-state index in [9.17, 15) is 0 Å². The van der Waals surface area contributed by atoms with Crippen molar-refractivity contribution in [3.05, 3.63) is 18.2 Å². The van der Waals surface area contributed by atoms with Gasteiger partial charge in [-0.2, -0.15) is 0 Å². The van der Waals surface area contributed by atoms with E-state index in [0.717, 1.165) is 29.6 Å². The molecule has 0 saturated heterocycles. The van der Waals surface area contributed by atoms with Gasteiger partial charge in [0.1, 0.15) is 11.3 Å². The Morgan fingerprint density at radius 3 is 2.72 bits per heavy atom. The Balaban J connectivity index is 2.19. The third kappa shape index (κ3) is 1.64. The molecule has 0 radical (unpaired) electrons. The molecule has 0 amide bonds. The molecule has 0 aliphatic heterocycles. The molecule has 1 aromatic carbocycles. The summed E-state index contributed by atoms with van der Waals surface area (Å²) >= 11 is 0. The molecule has 1 aromatic heterocycles. The Hall–Kier alpha value is -1.71. The predicted molar refractivity (Wildman–Crippen MR) is 72.8 cm³/mol. The van der Waals surface area contributed by atoms with E-state index in [4.69, 9.17) is 10.5 Å². The number of nitrogens with zero attached hydrogens (tertiary/aromatic N) is 2. The van der Waals surface area contributed by atoms with Gasteiger partial charge >= 0.3 is 0 Å². The first-order valence-corrected chi connectivity index (χ1v) is 6.45. The minimum atomic E-state index is 0.137. The highest BCUT2D eigenvalue weighted by molar-refractivity contribution is 5.85. The van der Waals surface area contributed by atoms with Crippen molar-refractivity contribution in [2.75, 3.05) is 5.73 Å². The fraction of sp³-hybridized carbons (Fsp3) is 0.500. The summed E-state index contributed by atoms with van der Waals surface area (Å²) in [6.07, 6.45) is 2.47. The Kier molecular flexibility index (Phi) is 2.30. The van der Waals surface area contributed by atoms with Gasteiger partial charge in [0.2, 0.25) is 5.95 Å². The van der Waals surface area contributed by atoms with Crippen LogP contribution in [0.25, 0.3) is 11.0 Å². The zero-order chi connectivity index (χ0) is 12.9. The predicted octanol–water partition coefficient (Wildman–Crippen LogP) is 2.91. The SMILES string of the molecule is CC(C)Oc1cccc2c1nc(N)n2C1(C)CC1. The van der Waals surface area contributed by atoms with E-state index in [2.05, 4.69) is 22.5 Å². The van der Waals surface area contributed by atoms with Crippen molar-refractivity contribution in [3.8, 4) is 5.75 Å². The van der Waals surface area contributed by atoms with Crippen LogP contribution in [-0.2, 0) is 5.54 Å². The number of benzene rings is 1. The van der Waals surface area contributed by atoms with E-state index >= 15 is 0 Å². The summed E-state index contributed by atoms with van der Waals surface area (Å²) in [6, 6.07) is 6.02. The van der Waals surface area contributed by atoms with Crippen molar-refractivity contribution in [1.29, 1.82) is 0 Å². The van der Waals surface area contributed by atoms with Crippen molar-refractivity contribution in [2.45, 2.75) is 45.3 Å². The van der Waals surface area contributed by atoms with E-state index in [1.807, 2.05) is 26.0 Å². The second-order valence-corrected chi connectivity index (χ2v) is 5.59. The lowest BCUT2D eigenvalue weighted by atomic mass is 10.2. The molecule has 0 spiro atoms. The molecular weight excluding hydrogens is 226 g/mol. The molecule has 2 N–H and O–H groups in total. The molecule has 3 rings (SSSR count). The summed E-state index contributed by atoms with van der Waals surface area (Å²) in [5.41, 5.74) is 8.17. The molecule has 0 unspecified atom stereocenters. The van der Waals surface area contributed by atoms with Crippen LogP contribution in [0.1, 0.15) is 33.6 Å². The average Bonchev–Trinajstić information content (AvgIpc) is 2.90. The maximum atomic E-state index is 6.08. The molecule has 1 heterocycles. The van der Waals surface area contributed by atoms with Crippen molar-refractivity contribution in [3.63, 3.8) is 0 Å². The minimum absolute atomic E-state index is 0.137. The van der Waals surface area contributed by atoms with Crippen LogP contribution in [0.4, 0.5) is 5.95 Å². The van der Waals surface area contributed by atoms with Crippen molar-refractivity contribution in [1.82, 2.24) is 9.55 Å². The number of anilines is 1. The number of imidazole rings is 1. The van der Waals surface area contributed by atoms with Crippen LogP contribution in [0.3, 0.4) is 0 Å². The van der Waals surface area contributed by atoms with Gasteiger partial charge in [-0.1, -0.05) is 6.07 Å². The molecule has 1 aliphatic carbocycles.